The molecule has 0 aliphatic rings. The third kappa shape index (κ3) is 4.88. The van der Waals surface area contributed by atoms with Crippen LogP contribution in [0.4, 0.5) is 0 Å². The monoisotopic (exact) mass is 432 g/mol. The van der Waals surface area contributed by atoms with E-state index in [9.17, 15) is 18.0 Å². The second kappa shape index (κ2) is 9.13. The van der Waals surface area contributed by atoms with Gasteiger partial charge in [0, 0.05) is 5.56 Å². The molecule has 0 aromatic heterocycles. The molecule has 0 N–H and O–H groups in total. The van der Waals surface area contributed by atoms with E-state index < -0.39 is 33.4 Å². The highest BCUT2D eigenvalue weighted by atomic mass is 32.2. The Labute approximate surface area is 176 Å². The van der Waals surface area contributed by atoms with Gasteiger partial charge >= 0.3 is 22.1 Å². The highest BCUT2D eigenvalue weighted by molar-refractivity contribution is 7.87. The number of ether oxygens (including phenoxy) is 2. The molecule has 7 nitrogen and oxygen atoms in total. The third-order valence-corrected chi connectivity index (χ3v) is 5.65. The topological polar surface area (TPSA) is 96.0 Å². The van der Waals surface area contributed by atoms with Gasteiger partial charge in [0.1, 0.15) is 4.90 Å². The maximum atomic E-state index is 13.0. The van der Waals surface area contributed by atoms with Crippen LogP contribution < -0.4 is 0 Å². The zero-order valence-electron chi connectivity index (χ0n) is 17.7. The van der Waals surface area contributed by atoms with Gasteiger partial charge in [-0.3, -0.25) is 0 Å². The molecular weight excluding hydrogens is 408 g/mol. The van der Waals surface area contributed by atoms with Gasteiger partial charge < -0.3 is 13.7 Å². The summed E-state index contributed by atoms with van der Waals surface area (Å²) in [7, 11) is -2.22. The van der Waals surface area contributed by atoms with Crippen LogP contribution in [0.1, 0.15) is 27.8 Å². The highest BCUT2D eigenvalue weighted by Crippen LogP contribution is 2.32. The molecule has 0 radical (unpaired) electrons. The van der Waals surface area contributed by atoms with Crippen LogP contribution in [-0.2, 0) is 33.4 Å². The zero-order valence-corrected chi connectivity index (χ0v) is 18.5. The lowest BCUT2D eigenvalue weighted by Gasteiger charge is -2.18. The number of benzene rings is 2. The van der Waals surface area contributed by atoms with Gasteiger partial charge in [-0.15, -0.1) is 0 Å². The number of rotatable bonds is 6. The van der Waals surface area contributed by atoms with Gasteiger partial charge in [-0.25, -0.2) is 9.59 Å². The van der Waals surface area contributed by atoms with Gasteiger partial charge in [-0.05, 0) is 51.0 Å². The van der Waals surface area contributed by atoms with Gasteiger partial charge in [-0.1, -0.05) is 35.4 Å². The maximum absolute atomic E-state index is 13.0. The van der Waals surface area contributed by atoms with E-state index in [2.05, 4.69) is 0 Å². The SMILES string of the molecule is COC(=O)C(C(=O)OC)=C(OS(=O)(=O)c1ccc(C)cc1)c1c(C)cc(C)cc1C. The summed E-state index contributed by atoms with van der Waals surface area (Å²) >= 11 is 0. The van der Waals surface area contributed by atoms with Gasteiger partial charge in [0.25, 0.3) is 0 Å². The molecule has 0 aliphatic heterocycles. The van der Waals surface area contributed by atoms with Gasteiger partial charge in [0.05, 0.1) is 14.2 Å². The predicted octanol–water partition coefficient (Wildman–Crippen LogP) is 3.38. The van der Waals surface area contributed by atoms with Crippen molar-refractivity contribution in [2.75, 3.05) is 14.2 Å². The average molecular weight is 432 g/mol. The van der Waals surface area contributed by atoms with Crippen LogP contribution in [0.3, 0.4) is 0 Å². The zero-order chi connectivity index (χ0) is 22.6. The molecule has 2 aromatic rings. The van der Waals surface area contributed by atoms with Crippen LogP contribution in [0.2, 0.25) is 0 Å². The van der Waals surface area contributed by atoms with Crippen molar-refractivity contribution in [3.63, 3.8) is 0 Å². The largest absolute Gasteiger partial charge is 0.465 e. The lowest BCUT2D eigenvalue weighted by atomic mass is 9.96. The number of aryl methyl sites for hydroxylation is 4. The van der Waals surface area contributed by atoms with E-state index in [1.54, 1.807) is 38.1 Å². The van der Waals surface area contributed by atoms with Crippen molar-refractivity contribution in [2.45, 2.75) is 32.6 Å². The first kappa shape index (κ1) is 23.2. The van der Waals surface area contributed by atoms with Crippen LogP contribution in [-0.4, -0.2) is 34.6 Å². The first-order valence-corrected chi connectivity index (χ1v) is 10.4. The minimum Gasteiger partial charge on any atom is -0.465 e. The number of hydrogen-bond acceptors (Lipinski definition) is 7. The second-order valence-electron chi connectivity index (χ2n) is 6.81. The average Bonchev–Trinajstić information content (AvgIpc) is 2.66. The number of hydrogen-bond donors (Lipinski definition) is 0. The normalized spacial score (nSPS) is 10.9. The molecule has 0 saturated carbocycles. The molecule has 0 amide bonds. The minimum atomic E-state index is -4.37. The van der Waals surface area contributed by atoms with E-state index >= 15 is 0 Å². The molecular formula is C22H24O7S. The molecule has 0 spiro atoms. The Morgan fingerprint density at radius 1 is 0.767 bits per heavy atom. The summed E-state index contributed by atoms with van der Waals surface area (Å²) < 4.78 is 40.8. The van der Waals surface area contributed by atoms with Crippen molar-refractivity contribution >= 4 is 27.8 Å². The fourth-order valence-corrected chi connectivity index (χ4v) is 4.03. The van der Waals surface area contributed by atoms with Crippen LogP contribution in [0.15, 0.2) is 46.9 Å². The highest BCUT2D eigenvalue weighted by Gasteiger charge is 2.32. The first-order valence-electron chi connectivity index (χ1n) is 9.02. The lowest BCUT2D eigenvalue weighted by molar-refractivity contribution is -0.144. The molecule has 0 atom stereocenters. The lowest BCUT2D eigenvalue weighted by Crippen LogP contribution is -2.21. The van der Waals surface area contributed by atoms with Crippen LogP contribution in [0.25, 0.3) is 5.76 Å². The summed E-state index contributed by atoms with van der Waals surface area (Å²) in [6.45, 7) is 7.14. The Balaban J connectivity index is 2.83. The van der Waals surface area contributed by atoms with Crippen molar-refractivity contribution < 1.29 is 31.7 Å². The molecule has 2 rings (SSSR count). The Kier molecular flexibility index (Phi) is 7.04. The number of methoxy groups -OCH3 is 2. The quantitative estimate of drug-likeness (QED) is 0.172. The summed E-state index contributed by atoms with van der Waals surface area (Å²) in [6, 6.07) is 9.57. The summed E-state index contributed by atoms with van der Waals surface area (Å²) in [5.41, 5.74) is 2.67. The minimum absolute atomic E-state index is 0.123. The summed E-state index contributed by atoms with van der Waals surface area (Å²) in [4.78, 5) is 24.7. The number of carbonyl (C=O) groups excluding carboxylic acids is 2. The molecule has 2 aromatic carbocycles. The molecule has 0 bridgehead atoms. The molecule has 0 saturated heterocycles. The Hall–Kier alpha value is -3.13. The van der Waals surface area contributed by atoms with E-state index in [1.807, 2.05) is 13.8 Å². The predicted molar refractivity (Wildman–Crippen MR) is 111 cm³/mol. The van der Waals surface area contributed by atoms with Crippen LogP contribution in [0.5, 0.6) is 0 Å². The number of esters is 2. The van der Waals surface area contributed by atoms with Gasteiger partial charge in [0.2, 0.25) is 0 Å². The fourth-order valence-electron chi connectivity index (χ4n) is 3.08. The molecule has 0 unspecified atom stereocenters. The van der Waals surface area contributed by atoms with E-state index in [0.717, 1.165) is 25.3 Å². The van der Waals surface area contributed by atoms with E-state index in [0.29, 0.717) is 16.7 Å². The third-order valence-electron chi connectivity index (χ3n) is 4.41. The van der Waals surface area contributed by atoms with E-state index in [4.69, 9.17) is 13.7 Å². The Bertz CT molecular complexity index is 1070. The summed E-state index contributed by atoms with van der Waals surface area (Å²) in [6.07, 6.45) is 0. The fraction of sp³-hybridized carbons (Fsp3) is 0.273. The first-order chi connectivity index (χ1) is 14.0. The van der Waals surface area contributed by atoms with Crippen LogP contribution >= 0.6 is 0 Å². The van der Waals surface area contributed by atoms with Crippen molar-refractivity contribution in [1.29, 1.82) is 0 Å². The van der Waals surface area contributed by atoms with Crippen molar-refractivity contribution in [2.24, 2.45) is 0 Å². The van der Waals surface area contributed by atoms with E-state index in [-0.39, 0.29) is 4.90 Å². The van der Waals surface area contributed by atoms with Crippen molar-refractivity contribution in [3.05, 3.63) is 69.8 Å². The Morgan fingerprint density at radius 3 is 1.67 bits per heavy atom. The van der Waals surface area contributed by atoms with Gasteiger partial charge in [0.15, 0.2) is 11.3 Å². The number of carbonyl (C=O) groups is 2. The molecule has 30 heavy (non-hydrogen) atoms. The molecule has 160 valence electrons. The summed E-state index contributed by atoms with van der Waals surface area (Å²) in [5.74, 6) is -2.59. The maximum Gasteiger partial charge on any atom is 0.349 e. The molecule has 0 heterocycles. The second-order valence-corrected chi connectivity index (χ2v) is 8.36. The van der Waals surface area contributed by atoms with E-state index in [1.165, 1.54) is 12.1 Å². The van der Waals surface area contributed by atoms with Crippen molar-refractivity contribution in [3.8, 4) is 0 Å². The standard InChI is InChI=1S/C22H24O7S/c1-13-7-9-17(10-8-13)30(25,26)29-20(19(21(23)27-5)22(24)28-6)18-15(3)11-14(2)12-16(18)4/h7-12H,1-6H3. The molecule has 0 aliphatic carbocycles. The van der Waals surface area contributed by atoms with Crippen molar-refractivity contribution in [1.82, 2.24) is 0 Å². The Morgan fingerprint density at radius 2 is 1.23 bits per heavy atom. The molecule has 8 heteroatoms. The van der Waals surface area contributed by atoms with Crippen LogP contribution in [0, 0.1) is 27.7 Å². The summed E-state index contributed by atoms with van der Waals surface area (Å²) in [5, 5.41) is 0. The smallest absolute Gasteiger partial charge is 0.349 e. The van der Waals surface area contributed by atoms with Gasteiger partial charge in [-0.2, -0.15) is 8.42 Å². The molecule has 0 fully saturated rings.